The third kappa shape index (κ3) is 5.79. The predicted octanol–water partition coefficient (Wildman–Crippen LogP) is 2.34. The van der Waals surface area contributed by atoms with Gasteiger partial charge in [-0.2, -0.15) is 0 Å². The molecule has 9 heteroatoms. The summed E-state index contributed by atoms with van der Waals surface area (Å²) in [7, 11) is 1.53. The summed E-state index contributed by atoms with van der Waals surface area (Å²) in [5, 5.41) is 2.95. The van der Waals surface area contributed by atoms with E-state index in [2.05, 4.69) is 5.32 Å². The van der Waals surface area contributed by atoms with E-state index in [-0.39, 0.29) is 29.2 Å². The quantitative estimate of drug-likeness (QED) is 0.682. The molecule has 8 nitrogen and oxygen atoms in total. The Balaban J connectivity index is 1.48. The van der Waals surface area contributed by atoms with Crippen LogP contribution >= 0.6 is 0 Å². The van der Waals surface area contributed by atoms with Gasteiger partial charge in [-0.05, 0) is 49.1 Å². The minimum absolute atomic E-state index is 0.0400. The molecule has 2 aliphatic heterocycles. The van der Waals surface area contributed by atoms with Crippen molar-refractivity contribution in [2.75, 3.05) is 46.5 Å². The van der Waals surface area contributed by atoms with Crippen LogP contribution in [0.4, 0.5) is 4.39 Å². The Kier molecular flexibility index (Phi) is 7.97. The summed E-state index contributed by atoms with van der Waals surface area (Å²) < 4.78 is 24.7. The number of ether oxygens (including phenoxy) is 2. The van der Waals surface area contributed by atoms with E-state index in [4.69, 9.17) is 9.47 Å². The van der Waals surface area contributed by atoms with E-state index in [1.54, 1.807) is 46.2 Å². The molecule has 35 heavy (non-hydrogen) atoms. The summed E-state index contributed by atoms with van der Waals surface area (Å²) in [5.74, 6) is -1.04. The molecule has 0 bridgehead atoms. The molecule has 2 fully saturated rings. The van der Waals surface area contributed by atoms with Gasteiger partial charge in [-0.1, -0.05) is 18.2 Å². The van der Waals surface area contributed by atoms with Crippen molar-refractivity contribution >= 4 is 17.7 Å². The van der Waals surface area contributed by atoms with E-state index >= 15 is 0 Å². The number of nitrogens with one attached hydrogen (secondary N) is 1. The predicted molar refractivity (Wildman–Crippen MR) is 127 cm³/mol. The molecule has 0 aromatic heterocycles. The molecule has 0 aliphatic carbocycles. The van der Waals surface area contributed by atoms with Crippen LogP contribution in [0.15, 0.2) is 48.5 Å². The number of rotatable bonds is 6. The van der Waals surface area contributed by atoms with Gasteiger partial charge >= 0.3 is 0 Å². The van der Waals surface area contributed by atoms with Crippen LogP contribution in [0.25, 0.3) is 0 Å². The lowest BCUT2D eigenvalue weighted by Gasteiger charge is -2.38. The molecule has 0 radical (unpaired) electrons. The van der Waals surface area contributed by atoms with Crippen LogP contribution in [0.2, 0.25) is 0 Å². The van der Waals surface area contributed by atoms with E-state index in [0.717, 1.165) is 0 Å². The lowest BCUT2D eigenvalue weighted by molar-refractivity contribution is -0.139. The van der Waals surface area contributed by atoms with Crippen LogP contribution in [0, 0.1) is 11.7 Å². The van der Waals surface area contributed by atoms with E-state index in [0.29, 0.717) is 63.5 Å². The number of hydrogen-bond acceptors (Lipinski definition) is 5. The summed E-state index contributed by atoms with van der Waals surface area (Å²) in [5.41, 5.74) is 0.439. The Bertz CT molecular complexity index is 1060. The molecule has 1 unspecified atom stereocenters. The van der Waals surface area contributed by atoms with Crippen molar-refractivity contribution in [1.29, 1.82) is 0 Å². The number of methoxy groups -OCH3 is 1. The first-order chi connectivity index (χ1) is 17.0. The van der Waals surface area contributed by atoms with E-state index in [1.165, 1.54) is 19.2 Å². The second-order valence-electron chi connectivity index (χ2n) is 8.73. The molecule has 2 heterocycles. The zero-order chi connectivity index (χ0) is 24.8. The SMILES string of the molecule is COc1cccc(C(=O)NC(C(=O)N2CCOCC2)C2CCN(C(=O)c3ccccc3F)CC2)c1. The molecule has 186 valence electrons. The topological polar surface area (TPSA) is 88.2 Å². The Morgan fingerprint density at radius 2 is 1.71 bits per heavy atom. The van der Waals surface area contributed by atoms with Crippen LogP contribution in [0.5, 0.6) is 5.75 Å². The highest BCUT2D eigenvalue weighted by Gasteiger charge is 2.37. The van der Waals surface area contributed by atoms with Crippen molar-refractivity contribution in [3.8, 4) is 5.75 Å². The number of carbonyl (C=O) groups excluding carboxylic acids is 3. The van der Waals surface area contributed by atoms with Crippen LogP contribution in [-0.2, 0) is 9.53 Å². The van der Waals surface area contributed by atoms with Gasteiger partial charge in [-0.15, -0.1) is 0 Å². The number of nitrogens with zero attached hydrogens (tertiary/aromatic N) is 2. The van der Waals surface area contributed by atoms with Crippen LogP contribution in [0.1, 0.15) is 33.6 Å². The maximum Gasteiger partial charge on any atom is 0.256 e. The van der Waals surface area contributed by atoms with E-state index in [9.17, 15) is 18.8 Å². The van der Waals surface area contributed by atoms with Crippen LogP contribution < -0.4 is 10.1 Å². The lowest BCUT2D eigenvalue weighted by Crippen LogP contribution is -2.56. The third-order valence-electron chi connectivity index (χ3n) is 6.61. The number of benzene rings is 2. The van der Waals surface area contributed by atoms with Gasteiger partial charge < -0.3 is 24.6 Å². The fourth-order valence-electron chi connectivity index (χ4n) is 4.59. The summed E-state index contributed by atoms with van der Waals surface area (Å²) >= 11 is 0. The number of piperidine rings is 1. The van der Waals surface area contributed by atoms with Crippen LogP contribution in [0.3, 0.4) is 0 Å². The summed E-state index contributed by atoms with van der Waals surface area (Å²) in [6, 6.07) is 11.9. The minimum Gasteiger partial charge on any atom is -0.497 e. The second kappa shape index (κ2) is 11.3. The fourth-order valence-corrected chi connectivity index (χ4v) is 4.59. The molecule has 2 aliphatic rings. The highest BCUT2D eigenvalue weighted by atomic mass is 19.1. The van der Waals surface area contributed by atoms with Crippen LogP contribution in [-0.4, -0.2) is 80.1 Å². The lowest BCUT2D eigenvalue weighted by atomic mass is 9.87. The summed E-state index contributed by atoms with van der Waals surface area (Å²) in [6.07, 6.45) is 1.03. The molecule has 4 rings (SSSR count). The zero-order valence-corrected chi connectivity index (χ0v) is 19.7. The van der Waals surface area contributed by atoms with E-state index < -0.39 is 11.9 Å². The molecule has 0 spiro atoms. The average Bonchev–Trinajstić information content (AvgIpc) is 2.91. The molecular formula is C26H30FN3O5. The molecular weight excluding hydrogens is 453 g/mol. The molecule has 1 atom stereocenters. The van der Waals surface area contributed by atoms with Gasteiger partial charge in [-0.25, -0.2) is 4.39 Å². The van der Waals surface area contributed by atoms with E-state index in [1.807, 2.05) is 0 Å². The van der Waals surface area contributed by atoms with Gasteiger partial charge in [0.2, 0.25) is 5.91 Å². The van der Waals surface area contributed by atoms with Crippen molar-refractivity contribution in [2.45, 2.75) is 18.9 Å². The molecule has 2 saturated heterocycles. The van der Waals surface area contributed by atoms with Gasteiger partial charge in [0.1, 0.15) is 17.6 Å². The maximum atomic E-state index is 14.1. The first-order valence-electron chi connectivity index (χ1n) is 11.8. The monoisotopic (exact) mass is 483 g/mol. The third-order valence-corrected chi connectivity index (χ3v) is 6.61. The smallest absolute Gasteiger partial charge is 0.256 e. The summed E-state index contributed by atoms with van der Waals surface area (Å²) in [6.45, 7) is 2.60. The number of carbonyl (C=O) groups is 3. The van der Waals surface area contributed by atoms with Crippen molar-refractivity contribution in [3.05, 3.63) is 65.5 Å². The van der Waals surface area contributed by atoms with Gasteiger partial charge in [0, 0.05) is 31.7 Å². The molecule has 3 amide bonds. The minimum atomic E-state index is -0.738. The number of hydrogen-bond donors (Lipinski definition) is 1. The number of amides is 3. The number of halogens is 1. The Labute approximate surface area is 204 Å². The van der Waals surface area contributed by atoms with Crippen molar-refractivity contribution in [2.24, 2.45) is 5.92 Å². The Morgan fingerprint density at radius 3 is 2.40 bits per heavy atom. The largest absolute Gasteiger partial charge is 0.497 e. The van der Waals surface area contributed by atoms with Crippen molar-refractivity contribution in [3.63, 3.8) is 0 Å². The van der Waals surface area contributed by atoms with Crippen molar-refractivity contribution in [1.82, 2.24) is 15.1 Å². The first kappa shape index (κ1) is 24.7. The van der Waals surface area contributed by atoms with Gasteiger partial charge in [0.25, 0.3) is 11.8 Å². The fraction of sp³-hybridized carbons (Fsp3) is 0.423. The second-order valence-corrected chi connectivity index (χ2v) is 8.73. The standard InChI is InChI=1S/C26H30FN3O5/c1-34-20-6-4-5-19(17-20)24(31)28-23(26(33)30-13-15-35-16-14-30)18-9-11-29(12-10-18)25(32)21-7-2-3-8-22(21)27/h2-8,17-18,23H,9-16H2,1H3,(H,28,31). The summed E-state index contributed by atoms with van der Waals surface area (Å²) in [4.78, 5) is 42.7. The highest BCUT2D eigenvalue weighted by Crippen LogP contribution is 2.25. The molecule has 2 aromatic carbocycles. The molecule has 0 saturated carbocycles. The Hall–Kier alpha value is -3.46. The molecule has 2 aromatic rings. The number of likely N-dealkylation sites (tertiary alicyclic amines) is 1. The first-order valence-corrected chi connectivity index (χ1v) is 11.8. The average molecular weight is 484 g/mol. The van der Waals surface area contributed by atoms with Gasteiger partial charge in [0.15, 0.2) is 0 Å². The normalized spacial score (nSPS) is 17.5. The number of morpholine rings is 1. The zero-order valence-electron chi connectivity index (χ0n) is 19.7. The van der Waals surface area contributed by atoms with Gasteiger partial charge in [0.05, 0.1) is 25.9 Å². The van der Waals surface area contributed by atoms with Gasteiger partial charge in [-0.3, -0.25) is 14.4 Å². The van der Waals surface area contributed by atoms with Crippen molar-refractivity contribution < 1.29 is 28.2 Å². The highest BCUT2D eigenvalue weighted by molar-refractivity contribution is 5.98. The Morgan fingerprint density at radius 1 is 1.00 bits per heavy atom. The maximum absolute atomic E-state index is 14.1. The molecule has 1 N–H and O–H groups in total.